The molecule has 53 heavy (non-hydrogen) atoms. The molecule has 0 bridgehead atoms. The molecule has 0 saturated heterocycles. The molecule has 10 heteroatoms. The molecule has 0 aliphatic carbocycles. The van der Waals surface area contributed by atoms with Crippen molar-refractivity contribution < 1.29 is 37.6 Å². The third-order valence-electron chi connectivity index (χ3n) is 9.31. The van der Waals surface area contributed by atoms with E-state index in [-0.39, 0.29) is 32.6 Å². The Morgan fingerprint density at radius 2 is 0.943 bits per heavy atom. The predicted octanol–water partition coefficient (Wildman–Crippen LogP) is 12.4. The summed E-state index contributed by atoms with van der Waals surface area (Å²) in [5, 5.41) is 0. The summed E-state index contributed by atoms with van der Waals surface area (Å²) in [5.41, 5.74) is 5.34. The van der Waals surface area contributed by atoms with Gasteiger partial charge in [0.25, 0.3) is 0 Å². The number of phosphoric ester groups is 1. The van der Waals surface area contributed by atoms with Gasteiger partial charge in [0.15, 0.2) is 6.10 Å². The molecule has 0 aromatic rings. The topological polar surface area (TPSA) is 134 Å². The highest BCUT2D eigenvalue weighted by Crippen LogP contribution is 2.43. The number of carbonyl (C=O) groups is 2. The first kappa shape index (κ1) is 51.5. The summed E-state index contributed by atoms with van der Waals surface area (Å²) in [6, 6.07) is 0. The lowest BCUT2D eigenvalue weighted by Crippen LogP contribution is -2.29. The van der Waals surface area contributed by atoms with E-state index in [1.54, 1.807) is 0 Å². The molecule has 9 nitrogen and oxygen atoms in total. The van der Waals surface area contributed by atoms with Gasteiger partial charge >= 0.3 is 19.8 Å². The van der Waals surface area contributed by atoms with Crippen molar-refractivity contribution in [2.45, 2.75) is 213 Å². The number of ether oxygens (including phenoxy) is 2. The molecule has 0 fully saturated rings. The quantitative estimate of drug-likeness (QED) is 0.0269. The number of rotatable bonds is 41. The number of unbranched alkanes of at least 4 members (excludes halogenated alkanes) is 24. The predicted molar refractivity (Wildman–Crippen MR) is 220 cm³/mol. The van der Waals surface area contributed by atoms with Gasteiger partial charge in [0.1, 0.15) is 6.61 Å². The maximum Gasteiger partial charge on any atom is 0.472 e. The molecule has 0 aliphatic rings. The van der Waals surface area contributed by atoms with Gasteiger partial charge in [0, 0.05) is 19.4 Å². The van der Waals surface area contributed by atoms with E-state index in [2.05, 4.69) is 38.2 Å². The number of carbonyl (C=O) groups excluding carboxylic acids is 2. The first-order valence-electron chi connectivity index (χ1n) is 21.8. The van der Waals surface area contributed by atoms with Crippen LogP contribution in [-0.2, 0) is 32.7 Å². The molecular weight excluding hydrogens is 689 g/mol. The van der Waals surface area contributed by atoms with Gasteiger partial charge in [0.05, 0.1) is 13.2 Å². The smallest absolute Gasteiger partial charge is 0.462 e. The largest absolute Gasteiger partial charge is 0.472 e. The summed E-state index contributed by atoms with van der Waals surface area (Å²) in [7, 11) is -4.37. The molecule has 0 amide bonds. The van der Waals surface area contributed by atoms with Crippen LogP contribution in [0.1, 0.15) is 206 Å². The number of hydrogen-bond donors (Lipinski definition) is 2. The van der Waals surface area contributed by atoms with E-state index in [0.29, 0.717) is 6.42 Å². The Morgan fingerprint density at radius 1 is 0.547 bits per heavy atom. The molecule has 2 atom stereocenters. The van der Waals surface area contributed by atoms with Crippen molar-refractivity contribution in [3.05, 3.63) is 24.3 Å². The highest BCUT2D eigenvalue weighted by Gasteiger charge is 2.26. The Kier molecular flexibility index (Phi) is 39.0. The number of esters is 2. The monoisotopic (exact) mass is 772 g/mol. The van der Waals surface area contributed by atoms with Crippen LogP contribution < -0.4 is 5.73 Å². The van der Waals surface area contributed by atoms with Crippen LogP contribution in [0.15, 0.2) is 24.3 Å². The summed E-state index contributed by atoms with van der Waals surface area (Å²) in [5.74, 6) is -0.836. The molecule has 3 N–H and O–H groups in total. The number of phosphoric acid groups is 1. The van der Waals surface area contributed by atoms with Crippen LogP contribution in [0, 0.1) is 0 Å². The molecule has 0 saturated carbocycles. The molecule has 0 aliphatic heterocycles. The maximum absolute atomic E-state index is 12.6. The van der Waals surface area contributed by atoms with Crippen LogP contribution in [0.3, 0.4) is 0 Å². The second-order valence-electron chi connectivity index (χ2n) is 14.6. The van der Waals surface area contributed by atoms with E-state index < -0.39 is 32.5 Å². The van der Waals surface area contributed by atoms with Crippen LogP contribution in [0.25, 0.3) is 0 Å². The van der Waals surface area contributed by atoms with Gasteiger partial charge in [-0.05, 0) is 57.8 Å². The van der Waals surface area contributed by atoms with Gasteiger partial charge in [-0.3, -0.25) is 18.6 Å². The average molecular weight is 772 g/mol. The lowest BCUT2D eigenvalue weighted by atomic mass is 10.0. The molecule has 0 aromatic carbocycles. The first-order valence-corrected chi connectivity index (χ1v) is 23.3. The fourth-order valence-electron chi connectivity index (χ4n) is 6.02. The van der Waals surface area contributed by atoms with Crippen molar-refractivity contribution in [2.75, 3.05) is 26.4 Å². The highest BCUT2D eigenvalue weighted by atomic mass is 31.2. The SMILES string of the molecule is CCCC/C=C\CCCCCCCC(=O)OC[C@H](COP(=O)(O)OCCN)OC(=O)CCCCCCCCCCCCC/C=C\CCCCCCCC. The second-order valence-corrected chi connectivity index (χ2v) is 16.0. The summed E-state index contributed by atoms with van der Waals surface area (Å²) < 4.78 is 32.7. The first-order chi connectivity index (χ1) is 25.8. The third kappa shape index (κ3) is 40.0. The van der Waals surface area contributed by atoms with Gasteiger partial charge in [-0.2, -0.15) is 0 Å². The van der Waals surface area contributed by atoms with Crippen molar-refractivity contribution in [1.29, 1.82) is 0 Å². The zero-order valence-corrected chi connectivity index (χ0v) is 35.2. The minimum atomic E-state index is -4.37. The van der Waals surface area contributed by atoms with Crippen molar-refractivity contribution in [3.8, 4) is 0 Å². The van der Waals surface area contributed by atoms with Gasteiger partial charge in [-0.1, -0.05) is 160 Å². The van der Waals surface area contributed by atoms with Crippen LogP contribution in [-0.4, -0.2) is 49.3 Å². The zero-order chi connectivity index (χ0) is 38.9. The molecule has 1 unspecified atom stereocenters. The Hall–Kier alpha value is -1.51. The van der Waals surface area contributed by atoms with E-state index in [1.165, 1.54) is 109 Å². The Bertz CT molecular complexity index is 928. The lowest BCUT2D eigenvalue weighted by Gasteiger charge is -2.19. The fraction of sp³-hybridized carbons (Fsp3) is 0.860. The van der Waals surface area contributed by atoms with E-state index in [4.69, 9.17) is 24.3 Å². The molecule has 0 spiro atoms. The highest BCUT2D eigenvalue weighted by molar-refractivity contribution is 7.47. The van der Waals surface area contributed by atoms with Crippen LogP contribution >= 0.6 is 7.82 Å². The van der Waals surface area contributed by atoms with Crippen LogP contribution in [0.4, 0.5) is 0 Å². The molecule has 0 radical (unpaired) electrons. The molecular formula is C43H82NO8P. The van der Waals surface area contributed by atoms with Crippen LogP contribution in [0.5, 0.6) is 0 Å². The van der Waals surface area contributed by atoms with Crippen molar-refractivity contribution in [2.24, 2.45) is 5.73 Å². The van der Waals surface area contributed by atoms with E-state index >= 15 is 0 Å². The lowest BCUT2D eigenvalue weighted by molar-refractivity contribution is -0.161. The van der Waals surface area contributed by atoms with Gasteiger partial charge in [0.2, 0.25) is 0 Å². The van der Waals surface area contributed by atoms with Crippen molar-refractivity contribution in [1.82, 2.24) is 0 Å². The minimum Gasteiger partial charge on any atom is -0.462 e. The number of hydrogen-bond acceptors (Lipinski definition) is 8. The van der Waals surface area contributed by atoms with Gasteiger partial charge in [-0.25, -0.2) is 4.57 Å². The van der Waals surface area contributed by atoms with Crippen molar-refractivity contribution in [3.63, 3.8) is 0 Å². The third-order valence-corrected chi connectivity index (χ3v) is 10.3. The van der Waals surface area contributed by atoms with Crippen LogP contribution in [0.2, 0.25) is 0 Å². The van der Waals surface area contributed by atoms with Gasteiger partial charge in [-0.15, -0.1) is 0 Å². The number of allylic oxidation sites excluding steroid dienone is 4. The maximum atomic E-state index is 12.6. The van der Waals surface area contributed by atoms with E-state index in [1.807, 2.05) is 0 Å². The summed E-state index contributed by atoms with van der Waals surface area (Å²) in [6.45, 7) is 3.69. The zero-order valence-electron chi connectivity index (χ0n) is 34.3. The van der Waals surface area contributed by atoms with E-state index in [9.17, 15) is 19.0 Å². The normalized spacial score (nSPS) is 13.5. The average Bonchev–Trinajstić information content (AvgIpc) is 3.14. The van der Waals surface area contributed by atoms with E-state index in [0.717, 1.165) is 64.2 Å². The van der Waals surface area contributed by atoms with Gasteiger partial charge < -0.3 is 20.1 Å². The minimum absolute atomic E-state index is 0.0533. The summed E-state index contributed by atoms with van der Waals surface area (Å²) >= 11 is 0. The molecule has 312 valence electrons. The molecule has 0 heterocycles. The Morgan fingerprint density at radius 3 is 1.40 bits per heavy atom. The Labute approximate surface area is 325 Å². The Balaban J connectivity index is 4.07. The standard InChI is InChI=1S/C43H82NO8P/c1-3-5-7-9-11-13-15-16-17-18-19-20-21-22-23-24-26-28-30-32-34-36-43(46)52-41(40-51-53(47,48)50-38-37-44)39-49-42(45)35-33-31-29-27-25-14-12-10-8-6-4-2/h10,12,16-17,41H,3-9,11,13-15,18-40,44H2,1-2H3,(H,47,48)/b12-10-,17-16-/t41-/m1/s1. The fourth-order valence-corrected chi connectivity index (χ4v) is 6.79. The summed E-state index contributed by atoms with van der Waals surface area (Å²) in [4.78, 5) is 34.8. The number of nitrogens with two attached hydrogens (primary N) is 1. The summed E-state index contributed by atoms with van der Waals surface area (Å²) in [6.07, 6.45) is 42.1. The van der Waals surface area contributed by atoms with Crippen molar-refractivity contribution >= 4 is 19.8 Å². The molecule has 0 rings (SSSR count). The second kappa shape index (κ2) is 40.2. The molecule has 0 aromatic heterocycles.